The van der Waals surface area contributed by atoms with Gasteiger partial charge in [0.2, 0.25) is 0 Å². The molecule has 6 heteroatoms. The van der Waals surface area contributed by atoms with E-state index in [0.717, 1.165) is 38.5 Å². The average Bonchev–Trinajstić information content (AvgIpc) is 2.78. The molecule has 0 radical (unpaired) electrons. The summed E-state index contributed by atoms with van der Waals surface area (Å²) in [5, 5.41) is 0. The predicted molar refractivity (Wildman–Crippen MR) is 132 cm³/mol. The summed E-state index contributed by atoms with van der Waals surface area (Å²) in [6.07, 6.45) is 15.8. The monoisotopic (exact) mass is 448 g/mol. The highest BCUT2D eigenvalue weighted by Crippen LogP contribution is 2.26. The summed E-state index contributed by atoms with van der Waals surface area (Å²) in [5.74, 6) is -1.19. The summed E-state index contributed by atoms with van der Waals surface area (Å²) in [6, 6.07) is 3.01. The number of unbranched alkanes of at least 4 members (excludes halogenated alkanes) is 12. The summed E-state index contributed by atoms with van der Waals surface area (Å²) in [7, 11) is 0. The minimum Gasteiger partial charge on any atom is -0.462 e. The molecule has 0 aliphatic rings. The van der Waals surface area contributed by atoms with Crippen LogP contribution in [-0.2, 0) is 9.47 Å². The van der Waals surface area contributed by atoms with E-state index in [4.69, 9.17) is 20.9 Å². The Hall–Kier alpha value is -2.24. The molecule has 0 saturated heterocycles. The number of rotatable bonds is 18. The minimum atomic E-state index is -0.622. The summed E-state index contributed by atoms with van der Waals surface area (Å²) in [4.78, 5) is 25.2. The molecule has 0 fully saturated rings. The number of benzene rings is 1. The van der Waals surface area contributed by atoms with Crippen molar-refractivity contribution in [1.82, 2.24) is 0 Å². The molecule has 182 valence electrons. The third kappa shape index (κ3) is 10.9. The Morgan fingerprint density at radius 1 is 0.656 bits per heavy atom. The Morgan fingerprint density at radius 2 is 1.09 bits per heavy atom. The first-order chi connectivity index (χ1) is 15.5. The van der Waals surface area contributed by atoms with Gasteiger partial charge in [-0.25, -0.2) is 9.59 Å². The topological polar surface area (TPSA) is 105 Å². The molecule has 4 N–H and O–H groups in total. The molecule has 32 heavy (non-hydrogen) atoms. The minimum absolute atomic E-state index is 0.0116. The highest BCUT2D eigenvalue weighted by atomic mass is 16.5. The Kier molecular flexibility index (Phi) is 15.1. The highest BCUT2D eigenvalue weighted by molar-refractivity contribution is 6.08. The first-order valence-corrected chi connectivity index (χ1v) is 12.5. The molecule has 0 aliphatic carbocycles. The Morgan fingerprint density at radius 3 is 1.59 bits per heavy atom. The van der Waals surface area contributed by atoms with Crippen LogP contribution in [0.4, 0.5) is 11.4 Å². The molecule has 1 rings (SSSR count). The molecule has 0 bridgehead atoms. The van der Waals surface area contributed by atoms with Gasteiger partial charge in [-0.3, -0.25) is 0 Å². The second-order valence-corrected chi connectivity index (χ2v) is 8.51. The summed E-state index contributed by atoms with van der Waals surface area (Å²) in [5.41, 5.74) is 12.3. The van der Waals surface area contributed by atoms with Gasteiger partial charge in [0.15, 0.2) is 0 Å². The molecule has 0 heterocycles. The molecule has 0 unspecified atom stereocenters. The van der Waals surface area contributed by atoms with Gasteiger partial charge in [-0.15, -0.1) is 0 Å². The molecular weight excluding hydrogens is 404 g/mol. The van der Waals surface area contributed by atoms with Crippen molar-refractivity contribution in [2.24, 2.45) is 0 Å². The van der Waals surface area contributed by atoms with Crippen molar-refractivity contribution >= 4 is 23.3 Å². The molecule has 0 amide bonds. The van der Waals surface area contributed by atoms with E-state index in [2.05, 4.69) is 13.8 Å². The Labute approximate surface area is 194 Å². The van der Waals surface area contributed by atoms with Gasteiger partial charge >= 0.3 is 11.9 Å². The van der Waals surface area contributed by atoms with Gasteiger partial charge in [-0.1, -0.05) is 90.9 Å². The summed E-state index contributed by atoms with van der Waals surface area (Å²) >= 11 is 0. The van der Waals surface area contributed by atoms with E-state index in [9.17, 15) is 9.59 Å². The van der Waals surface area contributed by atoms with Gasteiger partial charge in [-0.2, -0.15) is 0 Å². The maximum Gasteiger partial charge on any atom is 0.341 e. The van der Waals surface area contributed by atoms with Crippen LogP contribution in [0.3, 0.4) is 0 Å². The van der Waals surface area contributed by atoms with E-state index < -0.39 is 11.9 Å². The lowest BCUT2D eigenvalue weighted by Crippen LogP contribution is -2.18. The normalized spacial score (nSPS) is 10.8. The third-order valence-electron chi connectivity index (χ3n) is 5.67. The second-order valence-electron chi connectivity index (χ2n) is 8.51. The van der Waals surface area contributed by atoms with Crippen molar-refractivity contribution in [2.75, 3.05) is 24.7 Å². The molecule has 0 aromatic heterocycles. The van der Waals surface area contributed by atoms with Gasteiger partial charge in [0.05, 0.1) is 35.7 Å². The zero-order valence-corrected chi connectivity index (χ0v) is 20.3. The number of nitrogen functional groups attached to an aromatic ring is 2. The average molecular weight is 449 g/mol. The van der Waals surface area contributed by atoms with Gasteiger partial charge in [0.1, 0.15) is 0 Å². The van der Waals surface area contributed by atoms with E-state index in [1.165, 1.54) is 63.5 Å². The number of ether oxygens (including phenoxy) is 2. The number of hydrogen-bond donors (Lipinski definition) is 2. The van der Waals surface area contributed by atoms with Crippen LogP contribution in [0.5, 0.6) is 0 Å². The zero-order chi connectivity index (χ0) is 23.6. The Balaban J connectivity index is 2.49. The lowest BCUT2D eigenvalue weighted by Gasteiger charge is -2.13. The quantitative estimate of drug-likeness (QED) is 0.148. The second kappa shape index (κ2) is 17.3. The largest absolute Gasteiger partial charge is 0.462 e. The fourth-order valence-electron chi connectivity index (χ4n) is 3.62. The number of hydrogen-bond acceptors (Lipinski definition) is 6. The predicted octanol–water partition coefficient (Wildman–Crippen LogP) is 6.67. The number of nitrogens with two attached hydrogens (primary N) is 2. The van der Waals surface area contributed by atoms with Crippen LogP contribution in [-0.4, -0.2) is 25.2 Å². The van der Waals surface area contributed by atoms with Crippen molar-refractivity contribution < 1.29 is 19.1 Å². The van der Waals surface area contributed by atoms with Crippen LogP contribution in [0.25, 0.3) is 0 Å². The summed E-state index contributed by atoms with van der Waals surface area (Å²) in [6.45, 7) is 5.01. The molecular formula is C26H44N2O4. The van der Waals surface area contributed by atoms with Crippen LogP contribution in [0.15, 0.2) is 12.1 Å². The third-order valence-corrected chi connectivity index (χ3v) is 5.67. The lowest BCUT2D eigenvalue weighted by molar-refractivity contribution is 0.0451. The lowest BCUT2D eigenvalue weighted by atomic mass is 10.0. The zero-order valence-electron chi connectivity index (χ0n) is 20.3. The molecule has 0 saturated carbocycles. The molecule has 0 atom stereocenters. The highest BCUT2D eigenvalue weighted by Gasteiger charge is 2.24. The molecule has 0 spiro atoms. The smallest absolute Gasteiger partial charge is 0.341 e. The van der Waals surface area contributed by atoms with Crippen LogP contribution < -0.4 is 11.5 Å². The van der Waals surface area contributed by atoms with Gasteiger partial charge in [0, 0.05) is 0 Å². The van der Waals surface area contributed by atoms with E-state index in [-0.39, 0.29) is 22.5 Å². The van der Waals surface area contributed by atoms with Gasteiger partial charge < -0.3 is 20.9 Å². The molecule has 6 nitrogen and oxygen atoms in total. The van der Waals surface area contributed by atoms with E-state index in [1.807, 2.05) is 0 Å². The number of esters is 2. The van der Waals surface area contributed by atoms with Gasteiger partial charge in [-0.05, 0) is 25.0 Å². The van der Waals surface area contributed by atoms with E-state index in [0.29, 0.717) is 13.2 Å². The first-order valence-electron chi connectivity index (χ1n) is 12.5. The summed E-state index contributed by atoms with van der Waals surface area (Å²) < 4.78 is 10.8. The Bertz CT molecular complexity index is 676. The van der Waals surface area contributed by atoms with E-state index in [1.54, 1.807) is 0 Å². The molecule has 0 aliphatic heterocycles. The van der Waals surface area contributed by atoms with Crippen molar-refractivity contribution in [1.29, 1.82) is 0 Å². The number of carbonyl (C=O) groups is 2. The van der Waals surface area contributed by atoms with Crippen LogP contribution >= 0.6 is 0 Å². The van der Waals surface area contributed by atoms with Crippen molar-refractivity contribution in [3.05, 3.63) is 23.3 Å². The molecule has 1 aromatic rings. The van der Waals surface area contributed by atoms with Crippen LogP contribution in [0, 0.1) is 0 Å². The maximum atomic E-state index is 12.7. The maximum absolute atomic E-state index is 12.7. The SMILES string of the molecule is CCCCCCCCCOC(=O)c1ccc(N)c(N)c1C(=O)OCCCCCCCCC. The van der Waals surface area contributed by atoms with Crippen molar-refractivity contribution in [3.63, 3.8) is 0 Å². The fraction of sp³-hybridized carbons (Fsp3) is 0.692. The number of carbonyl (C=O) groups excluding carboxylic acids is 2. The van der Waals surface area contributed by atoms with Crippen LogP contribution in [0.1, 0.15) is 124 Å². The molecule has 1 aromatic carbocycles. The van der Waals surface area contributed by atoms with E-state index >= 15 is 0 Å². The number of anilines is 2. The van der Waals surface area contributed by atoms with Crippen LogP contribution in [0.2, 0.25) is 0 Å². The van der Waals surface area contributed by atoms with Gasteiger partial charge in [0.25, 0.3) is 0 Å². The van der Waals surface area contributed by atoms with Crippen molar-refractivity contribution in [3.8, 4) is 0 Å². The first kappa shape index (κ1) is 27.8. The van der Waals surface area contributed by atoms with Crippen molar-refractivity contribution in [2.45, 2.75) is 104 Å². The fourth-order valence-corrected chi connectivity index (χ4v) is 3.62. The standard InChI is InChI=1S/C26H44N2O4/c1-3-5-7-9-11-13-15-19-31-25(29)21-17-18-22(27)24(28)23(21)26(30)32-20-16-14-12-10-8-6-4-2/h17-18H,3-16,19-20,27-28H2,1-2H3.